The van der Waals surface area contributed by atoms with E-state index in [4.69, 9.17) is 21.1 Å². The third-order valence-corrected chi connectivity index (χ3v) is 6.02. The molecule has 1 aliphatic heterocycles. The molecule has 0 radical (unpaired) electrons. The van der Waals surface area contributed by atoms with E-state index in [0.717, 1.165) is 31.2 Å². The number of aliphatic hydroxyl groups is 1. The third kappa shape index (κ3) is 6.09. The Morgan fingerprint density at radius 1 is 1.31 bits per heavy atom. The fraction of sp³-hybridized carbons (Fsp3) is 0.696. The van der Waals surface area contributed by atoms with E-state index in [2.05, 4.69) is 6.92 Å². The van der Waals surface area contributed by atoms with Crippen LogP contribution in [0, 0.1) is 5.41 Å². The van der Waals surface area contributed by atoms with Gasteiger partial charge < -0.3 is 19.5 Å². The molecule has 0 aromatic heterocycles. The first kappa shape index (κ1) is 24.0. The van der Waals surface area contributed by atoms with Crippen molar-refractivity contribution in [2.75, 3.05) is 26.8 Å². The second-order valence-corrected chi connectivity index (χ2v) is 9.82. The van der Waals surface area contributed by atoms with Crippen LogP contribution in [0.3, 0.4) is 0 Å². The largest absolute Gasteiger partial charge is 0.444 e. The molecule has 0 bridgehead atoms. The summed E-state index contributed by atoms with van der Waals surface area (Å²) >= 11 is 6.26. The van der Waals surface area contributed by atoms with Crippen LogP contribution in [0.1, 0.15) is 65.4 Å². The highest BCUT2D eigenvalue weighted by molar-refractivity contribution is 6.30. The van der Waals surface area contributed by atoms with Crippen molar-refractivity contribution >= 4 is 17.7 Å². The van der Waals surface area contributed by atoms with E-state index in [0.29, 0.717) is 31.1 Å². The zero-order valence-corrected chi connectivity index (χ0v) is 19.2. The Kier molecular flexibility index (Phi) is 8.00. The first-order valence-electron chi connectivity index (χ1n) is 10.5. The monoisotopic (exact) mass is 425 g/mol. The number of unbranched alkanes of at least 4 members (excludes halogenated alkanes) is 1. The molecule has 1 fully saturated rings. The molecular formula is C23H36ClNO4. The summed E-state index contributed by atoms with van der Waals surface area (Å²) in [6.45, 7) is 9.41. The number of likely N-dealkylation sites (tertiary alicyclic amines) is 1. The zero-order valence-electron chi connectivity index (χ0n) is 18.5. The molecule has 0 aliphatic carbocycles. The summed E-state index contributed by atoms with van der Waals surface area (Å²) in [6.07, 6.45) is 3.58. The summed E-state index contributed by atoms with van der Waals surface area (Å²) in [5, 5.41) is 12.6. The van der Waals surface area contributed by atoms with E-state index in [9.17, 15) is 9.90 Å². The van der Waals surface area contributed by atoms with Gasteiger partial charge in [-0.2, -0.15) is 0 Å². The van der Waals surface area contributed by atoms with E-state index in [-0.39, 0.29) is 6.09 Å². The SMILES string of the molecule is COCCCCC(O)(c1cccc(Cl)c1)C1(C)CCCN(C(=O)OC(C)(C)C)C1. The van der Waals surface area contributed by atoms with Gasteiger partial charge in [0.25, 0.3) is 0 Å². The minimum atomic E-state index is -1.10. The Hall–Kier alpha value is -1.30. The standard InChI is InChI=1S/C23H36ClNO4/c1-21(2,3)29-20(26)25-14-9-12-22(4,17-25)23(27,13-6-7-15-28-5)18-10-8-11-19(24)16-18/h8,10-11,16,27H,6-7,9,12-15,17H2,1-5H3. The zero-order chi connectivity index (χ0) is 21.7. The van der Waals surface area contributed by atoms with Gasteiger partial charge in [0.2, 0.25) is 0 Å². The Labute approximate surface area is 180 Å². The molecule has 0 saturated carbocycles. The predicted octanol–water partition coefficient (Wildman–Crippen LogP) is 5.38. The summed E-state index contributed by atoms with van der Waals surface area (Å²) in [6, 6.07) is 7.46. The molecule has 1 heterocycles. The van der Waals surface area contributed by atoms with Crippen molar-refractivity contribution in [2.24, 2.45) is 5.41 Å². The van der Waals surface area contributed by atoms with E-state index >= 15 is 0 Å². The lowest BCUT2D eigenvalue weighted by atomic mass is 9.63. The van der Waals surface area contributed by atoms with Crippen LogP contribution in [0.2, 0.25) is 5.02 Å². The van der Waals surface area contributed by atoms with Gasteiger partial charge in [-0.1, -0.05) is 30.7 Å². The topological polar surface area (TPSA) is 59.0 Å². The number of amides is 1. The van der Waals surface area contributed by atoms with Crippen LogP contribution in [-0.4, -0.2) is 48.5 Å². The number of methoxy groups -OCH3 is 1. The lowest BCUT2D eigenvalue weighted by molar-refractivity contribution is -0.121. The molecule has 29 heavy (non-hydrogen) atoms. The van der Waals surface area contributed by atoms with E-state index in [1.165, 1.54) is 0 Å². The summed E-state index contributed by atoms with van der Waals surface area (Å²) in [5.41, 5.74) is -1.36. The maximum atomic E-state index is 12.7. The van der Waals surface area contributed by atoms with Gasteiger partial charge in [0.15, 0.2) is 0 Å². The van der Waals surface area contributed by atoms with Crippen LogP contribution < -0.4 is 0 Å². The number of rotatable bonds is 7. The molecule has 1 saturated heterocycles. The number of ether oxygens (including phenoxy) is 2. The van der Waals surface area contributed by atoms with Crippen molar-refractivity contribution in [1.29, 1.82) is 0 Å². The second kappa shape index (κ2) is 9.67. The fourth-order valence-electron chi connectivity index (χ4n) is 4.23. The van der Waals surface area contributed by atoms with Gasteiger partial charge in [-0.15, -0.1) is 0 Å². The van der Waals surface area contributed by atoms with Gasteiger partial charge in [-0.3, -0.25) is 0 Å². The number of nitrogens with zero attached hydrogens (tertiary/aromatic N) is 1. The van der Waals surface area contributed by atoms with Crippen molar-refractivity contribution in [3.63, 3.8) is 0 Å². The highest BCUT2D eigenvalue weighted by Crippen LogP contribution is 2.49. The van der Waals surface area contributed by atoms with Gasteiger partial charge in [-0.05, 0) is 70.6 Å². The van der Waals surface area contributed by atoms with Crippen LogP contribution in [0.5, 0.6) is 0 Å². The number of benzene rings is 1. The van der Waals surface area contributed by atoms with Crippen molar-refractivity contribution in [3.05, 3.63) is 34.9 Å². The number of halogens is 1. The second-order valence-electron chi connectivity index (χ2n) is 9.39. The number of hydrogen-bond acceptors (Lipinski definition) is 4. The predicted molar refractivity (Wildman–Crippen MR) is 116 cm³/mol. The highest BCUT2D eigenvalue weighted by atomic mass is 35.5. The molecule has 2 unspecified atom stereocenters. The quantitative estimate of drug-likeness (QED) is 0.595. The van der Waals surface area contributed by atoms with Crippen molar-refractivity contribution in [2.45, 2.75) is 71.0 Å². The molecule has 6 heteroatoms. The maximum absolute atomic E-state index is 12.7. The molecule has 5 nitrogen and oxygen atoms in total. The average Bonchev–Trinajstić information content (AvgIpc) is 2.63. The van der Waals surface area contributed by atoms with Gasteiger partial charge in [0, 0.05) is 37.2 Å². The first-order valence-corrected chi connectivity index (χ1v) is 10.8. The lowest BCUT2D eigenvalue weighted by Gasteiger charge is -2.51. The Morgan fingerprint density at radius 3 is 2.66 bits per heavy atom. The van der Waals surface area contributed by atoms with Crippen LogP contribution in [0.4, 0.5) is 4.79 Å². The van der Waals surface area contributed by atoms with Crippen molar-refractivity contribution in [1.82, 2.24) is 4.90 Å². The molecule has 1 aromatic rings. The minimum absolute atomic E-state index is 0.323. The molecule has 1 N–H and O–H groups in total. The lowest BCUT2D eigenvalue weighted by Crippen LogP contribution is -2.55. The average molecular weight is 426 g/mol. The summed E-state index contributed by atoms with van der Waals surface area (Å²) in [4.78, 5) is 14.4. The van der Waals surface area contributed by atoms with Crippen LogP contribution in [0.15, 0.2) is 24.3 Å². The van der Waals surface area contributed by atoms with Gasteiger partial charge in [0.1, 0.15) is 5.60 Å². The van der Waals surface area contributed by atoms with Crippen LogP contribution >= 0.6 is 11.6 Å². The van der Waals surface area contributed by atoms with Crippen LogP contribution in [0.25, 0.3) is 0 Å². The minimum Gasteiger partial charge on any atom is -0.444 e. The summed E-state index contributed by atoms with van der Waals surface area (Å²) in [5.74, 6) is 0. The maximum Gasteiger partial charge on any atom is 0.410 e. The molecule has 2 rings (SSSR count). The number of hydrogen-bond donors (Lipinski definition) is 1. The van der Waals surface area contributed by atoms with Crippen LogP contribution in [-0.2, 0) is 15.1 Å². The van der Waals surface area contributed by atoms with Gasteiger partial charge in [0.05, 0.1) is 5.60 Å². The number of carbonyl (C=O) groups is 1. The summed E-state index contributed by atoms with van der Waals surface area (Å²) < 4.78 is 10.8. The first-order chi connectivity index (χ1) is 13.5. The molecule has 1 amide bonds. The fourth-order valence-corrected chi connectivity index (χ4v) is 4.42. The van der Waals surface area contributed by atoms with E-state index in [1.54, 1.807) is 12.0 Å². The van der Waals surface area contributed by atoms with E-state index < -0.39 is 16.6 Å². The molecule has 2 atom stereocenters. The number of carbonyl (C=O) groups excluding carboxylic acids is 1. The molecular weight excluding hydrogens is 390 g/mol. The van der Waals surface area contributed by atoms with Crippen molar-refractivity contribution < 1.29 is 19.4 Å². The van der Waals surface area contributed by atoms with E-state index in [1.807, 2.05) is 45.0 Å². The van der Waals surface area contributed by atoms with Gasteiger partial charge >= 0.3 is 6.09 Å². The Morgan fingerprint density at radius 2 is 2.03 bits per heavy atom. The number of piperidine rings is 1. The van der Waals surface area contributed by atoms with Gasteiger partial charge in [-0.25, -0.2) is 4.79 Å². The molecule has 1 aliphatic rings. The van der Waals surface area contributed by atoms with Crippen molar-refractivity contribution in [3.8, 4) is 0 Å². The molecule has 1 aromatic carbocycles. The Bertz CT molecular complexity index is 690. The molecule has 164 valence electrons. The smallest absolute Gasteiger partial charge is 0.410 e. The normalized spacial score (nSPS) is 22.2. The third-order valence-electron chi connectivity index (χ3n) is 5.79. The Balaban J connectivity index is 2.31. The molecule has 0 spiro atoms. The highest BCUT2D eigenvalue weighted by Gasteiger charge is 2.50. The summed E-state index contributed by atoms with van der Waals surface area (Å²) in [7, 11) is 1.68.